The van der Waals surface area contributed by atoms with Crippen molar-refractivity contribution >= 4 is 22.5 Å². The molecule has 0 aliphatic heterocycles. The van der Waals surface area contributed by atoms with Gasteiger partial charge >= 0.3 is 6.18 Å². The van der Waals surface area contributed by atoms with Crippen molar-refractivity contribution in [3.05, 3.63) is 60.3 Å². The highest BCUT2D eigenvalue weighted by Crippen LogP contribution is 2.31. The monoisotopic (exact) mass is 362 g/mol. The molecule has 3 rings (SSSR count). The number of alkyl halides is 3. The summed E-state index contributed by atoms with van der Waals surface area (Å²) in [6.45, 7) is 0.406. The predicted octanol–water partition coefficient (Wildman–Crippen LogP) is 4.98. The van der Waals surface area contributed by atoms with Gasteiger partial charge in [0.15, 0.2) is 0 Å². The van der Waals surface area contributed by atoms with Gasteiger partial charge in [0.1, 0.15) is 11.4 Å². The number of aromatic amines is 1. The number of H-pyrrole nitrogens is 1. The lowest BCUT2D eigenvalue weighted by Crippen LogP contribution is -2.12. The zero-order valence-electron chi connectivity index (χ0n) is 13.8. The third-order valence-electron chi connectivity index (χ3n) is 3.77. The van der Waals surface area contributed by atoms with E-state index in [-0.39, 0.29) is 12.3 Å². The largest absolute Gasteiger partial charge is 0.494 e. The number of hydrogen-bond acceptors (Lipinski definition) is 2. The zero-order chi connectivity index (χ0) is 18.6. The summed E-state index contributed by atoms with van der Waals surface area (Å²) < 4.78 is 43.7. The Morgan fingerprint density at radius 1 is 1.08 bits per heavy atom. The van der Waals surface area contributed by atoms with Gasteiger partial charge in [-0.3, -0.25) is 4.79 Å². The molecule has 0 saturated carbocycles. The number of ether oxygens (including phenoxy) is 1. The second-order valence-corrected chi connectivity index (χ2v) is 5.80. The second-order valence-electron chi connectivity index (χ2n) is 5.80. The van der Waals surface area contributed by atoms with Crippen molar-refractivity contribution < 1.29 is 22.7 Å². The number of halogens is 3. The van der Waals surface area contributed by atoms with Crippen LogP contribution >= 0.6 is 0 Å². The van der Waals surface area contributed by atoms with Gasteiger partial charge in [0.25, 0.3) is 0 Å². The SMILES string of the molecule is O=C(CCCOc1ccccc1)Nc1ccc2[nH]c(C(F)(F)F)cc2c1. The zero-order valence-corrected chi connectivity index (χ0v) is 13.8. The van der Waals surface area contributed by atoms with Crippen molar-refractivity contribution in [3.8, 4) is 5.75 Å². The number of carbonyl (C=O) groups excluding carboxylic acids is 1. The van der Waals surface area contributed by atoms with Crippen LogP contribution in [0.15, 0.2) is 54.6 Å². The maximum absolute atomic E-state index is 12.7. The van der Waals surface area contributed by atoms with Gasteiger partial charge in [-0.1, -0.05) is 18.2 Å². The Balaban J connectivity index is 1.52. The third-order valence-corrected chi connectivity index (χ3v) is 3.77. The van der Waals surface area contributed by atoms with Crippen LogP contribution in [0.3, 0.4) is 0 Å². The summed E-state index contributed by atoms with van der Waals surface area (Å²) in [5.74, 6) is 0.527. The fourth-order valence-electron chi connectivity index (χ4n) is 2.53. The molecule has 3 aromatic rings. The average Bonchev–Trinajstić information content (AvgIpc) is 3.03. The summed E-state index contributed by atoms with van der Waals surface area (Å²) in [7, 11) is 0. The first-order valence-electron chi connectivity index (χ1n) is 8.09. The van der Waals surface area contributed by atoms with Crippen LogP contribution in [0.2, 0.25) is 0 Å². The van der Waals surface area contributed by atoms with E-state index < -0.39 is 11.9 Å². The van der Waals surface area contributed by atoms with Crippen LogP contribution in [-0.4, -0.2) is 17.5 Å². The van der Waals surface area contributed by atoms with E-state index in [1.54, 1.807) is 6.07 Å². The molecule has 0 fully saturated rings. The molecule has 4 nitrogen and oxygen atoms in total. The molecule has 0 spiro atoms. The molecular formula is C19H17F3N2O2. The van der Waals surface area contributed by atoms with Crippen LogP contribution in [0.25, 0.3) is 10.9 Å². The molecule has 7 heteroatoms. The Morgan fingerprint density at radius 3 is 2.58 bits per heavy atom. The van der Waals surface area contributed by atoms with Crippen molar-refractivity contribution in [1.29, 1.82) is 0 Å². The average molecular weight is 362 g/mol. The molecule has 0 atom stereocenters. The fourth-order valence-corrected chi connectivity index (χ4v) is 2.53. The summed E-state index contributed by atoms with van der Waals surface area (Å²) in [6, 6.07) is 14.9. The van der Waals surface area contributed by atoms with Crippen LogP contribution in [-0.2, 0) is 11.0 Å². The maximum atomic E-state index is 12.7. The Bertz CT molecular complexity index is 889. The summed E-state index contributed by atoms with van der Waals surface area (Å²) in [6.07, 6.45) is -3.64. The lowest BCUT2D eigenvalue weighted by molar-refractivity contribution is -0.140. The predicted molar refractivity (Wildman–Crippen MR) is 93.1 cm³/mol. The third kappa shape index (κ3) is 4.56. The molecular weight excluding hydrogens is 345 g/mol. The first kappa shape index (κ1) is 17.8. The van der Waals surface area contributed by atoms with Gasteiger partial charge in [0.05, 0.1) is 6.61 Å². The number of rotatable bonds is 6. The van der Waals surface area contributed by atoms with Gasteiger partial charge in [-0.2, -0.15) is 13.2 Å². The fraction of sp³-hybridized carbons (Fsp3) is 0.211. The molecule has 136 valence electrons. The van der Waals surface area contributed by atoms with E-state index in [1.807, 2.05) is 30.3 Å². The topological polar surface area (TPSA) is 54.1 Å². The van der Waals surface area contributed by atoms with Crippen LogP contribution < -0.4 is 10.1 Å². The van der Waals surface area contributed by atoms with Crippen molar-refractivity contribution in [3.63, 3.8) is 0 Å². The molecule has 1 heterocycles. The van der Waals surface area contributed by atoms with Crippen molar-refractivity contribution in [2.75, 3.05) is 11.9 Å². The number of amides is 1. The van der Waals surface area contributed by atoms with Crippen molar-refractivity contribution in [2.45, 2.75) is 19.0 Å². The van der Waals surface area contributed by atoms with E-state index in [1.165, 1.54) is 12.1 Å². The Labute approximate surface area is 148 Å². The van der Waals surface area contributed by atoms with Gasteiger partial charge < -0.3 is 15.0 Å². The molecule has 2 N–H and O–H groups in total. The lowest BCUT2D eigenvalue weighted by Gasteiger charge is -2.07. The molecule has 26 heavy (non-hydrogen) atoms. The van der Waals surface area contributed by atoms with Gasteiger partial charge in [-0.25, -0.2) is 0 Å². The molecule has 0 bridgehead atoms. The normalized spacial score (nSPS) is 11.5. The van der Waals surface area contributed by atoms with Gasteiger partial charge in [-0.15, -0.1) is 0 Å². The van der Waals surface area contributed by atoms with E-state index in [2.05, 4.69) is 10.3 Å². The summed E-state index contributed by atoms with van der Waals surface area (Å²) in [5, 5.41) is 3.08. The highest BCUT2D eigenvalue weighted by molar-refractivity contribution is 5.94. The Kier molecular flexibility index (Phi) is 5.16. The summed E-state index contributed by atoms with van der Waals surface area (Å²) >= 11 is 0. The Hall–Kier alpha value is -2.96. The molecule has 0 saturated heterocycles. The Morgan fingerprint density at radius 2 is 1.85 bits per heavy atom. The van der Waals surface area contributed by atoms with E-state index >= 15 is 0 Å². The van der Waals surface area contributed by atoms with Crippen LogP contribution in [0.4, 0.5) is 18.9 Å². The maximum Gasteiger partial charge on any atom is 0.431 e. The number of para-hydroxylation sites is 1. The number of carbonyl (C=O) groups is 1. The van der Waals surface area contributed by atoms with Gasteiger partial charge in [0, 0.05) is 23.0 Å². The molecule has 1 aromatic heterocycles. The lowest BCUT2D eigenvalue weighted by atomic mass is 10.2. The summed E-state index contributed by atoms with van der Waals surface area (Å²) in [4.78, 5) is 14.3. The second kappa shape index (κ2) is 7.51. The molecule has 0 radical (unpaired) electrons. The first-order chi connectivity index (χ1) is 12.4. The number of aromatic nitrogens is 1. The molecule has 0 aliphatic carbocycles. The number of anilines is 1. The molecule has 2 aromatic carbocycles. The molecule has 1 amide bonds. The highest BCUT2D eigenvalue weighted by atomic mass is 19.4. The summed E-state index contributed by atoms with van der Waals surface area (Å²) in [5.41, 5.74) is 0.0137. The first-order valence-corrected chi connectivity index (χ1v) is 8.09. The standard InChI is InChI=1S/C19H17F3N2O2/c20-19(21,22)17-12-13-11-14(8-9-16(13)24-17)23-18(25)7-4-10-26-15-5-2-1-3-6-15/h1-3,5-6,8-9,11-12,24H,4,7,10H2,(H,23,25). The minimum Gasteiger partial charge on any atom is -0.494 e. The smallest absolute Gasteiger partial charge is 0.431 e. The quantitative estimate of drug-likeness (QED) is 0.608. The van der Waals surface area contributed by atoms with Crippen LogP contribution in [0.1, 0.15) is 18.5 Å². The minimum absolute atomic E-state index is 0.215. The van der Waals surface area contributed by atoms with E-state index in [4.69, 9.17) is 4.74 Å². The number of benzene rings is 2. The van der Waals surface area contributed by atoms with E-state index in [0.29, 0.717) is 29.6 Å². The number of nitrogens with one attached hydrogen (secondary N) is 2. The van der Waals surface area contributed by atoms with Gasteiger partial charge in [-0.05, 0) is 42.8 Å². The number of hydrogen-bond donors (Lipinski definition) is 2. The van der Waals surface area contributed by atoms with Crippen molar-refractivity contribution in [2.24, 2.45) is 0 Å². The molecule has 0 aliphatic rings. The minimum atomic E-state index is -4.43. The van der Waals surface area contributed by atoms with Crippen LogP contribution in [0.5, 0.6) is 5.75 Å². The van der Waals surface area contributed by atoms with Crippen molar-refractivity contribution in [1.82, 2.24) is 4.98 Å². The molecule has 0 unspecified atom stereocenters. The van der Waals surface area contributed by atoms with E-state index in [0.717, 1.165) is 11.8 Å². The number of fused-ring (bicyclic) bond motifs is 1. The van der Waals surface area contributed by atoms with E-state index in [9.17, 15) is 18.0 Å². The van der Waals surface area contributed by atoms with Crippen LogP contribution in [0, 0.1) is 0 Å². The van der Waals surface area contributed by atoms with Gasteiger partial charge in [0.2, 0.25) is 5.91 Å². The highest BCUT2D eigenvalue weighted by Gasteiger charge is 2.32.